The Balaban J connectivity index is 2.53. The number of carbonyl (C=O) groups excluding carboxylic acids is 1. The number of nitrogens with zero attached hydrogens (tertiary/aromatic N) is 1. The third-order valence-electron chi connectivity index (χ3n) is 3.26. The molecule has 0 heterocycles. The van der Waals surface area contributed by atoms with Crippen molar-refractivity contribution in [1.82, 2.24) is 10.2 Å². The van der Waals surface area contributed by atoms with Gasteiger partial charge in [-0.05, 0) is 26.3 Å². The Hall–Kier alpha value is -2.28. The molecule has 0 unspecified atom stereocenters. The van der Waals surface area contributed by atoms with Crippen LogP contribution in [-0.4, -0.2) is 46.9 Å². The van der Waals surface area contributed by atoms with Crippen LogP contribution in [-0.2, 0) is 11.3 Å². The van der Waals surface area contributed by atoms with Crippen LogP contribution in [0.3, 0.4) is 0 Å². The quantitative estimate of drug-likeness (QED) is 0.743. The molecular formula is C16H25N3O4. The van der Waals surface area contributed by atoms with Crippen molar-refractivity contribution in [2.45, 2.75) is 39.0 Å². The van der Waals surface area contributed by atoms with E-state index in [0.717, 1.165) is 5.56 Å². The maximum absolute atomic E-state index is 11.7. The van der Waals surface area contributed by atoms with Crippen LogP contribution < -0.4 is 11.1 Å². The molecule has 0 aliphatic rings. The Labute approximate surface area is 136 Å². The molecule has 23 heavy (non-hydrogen) atoms. The topological polar surface area (TPSA) is 105 Å². The first-order valence-corrected chi connectivity index (χ1v) is 7.42. The Bertz CT molecular complexity index is 514. The second kappa shape index (κ2) is 8.38. The van der Waals surface area contributed by atoms with Crippen molar-refractivity contribution in [3.8, 4) is 0 Å². The monoisotopic (exact) mass is 323 g/mol. The predicted molar refractivity (Wildman–Crippen MR) is 87.1 cm³/mol. The number of carboxylic acid groups (broad SMARTS) is 1. The van der Waals surface area contributed by atoms with Gasteiger partial charge in [0, 0.05) is 18.6 Å². The summed E-state index contributed by atoms with van der Waals surface area (Å²) in [5, 5.41) is 11.9. The van der Waals surface area contributed by atoms with Crippen molar-refractivity contribution in [1.29, 1.82) is 0 Å². The van der Waals surface area contributed by atoms with E-state index in [1.165, 1.54) is 4.90 Å². The lowest BCUT2D eigenvalue weighted by Gasteiger charge is -2.39. The molecule has 0 bridgehead atoms. The SMILES string of the molecule is CC(C)(C)N(C(=O)O)[C@@H](CN)CNC(=O)OCc1ccccc1. The van der Waals surface area contributed by atoms with Crippen LogP contribution in [0.25, 0.3) is 0 Å². The average Bonchev–Trinajstić information content (AvgIpc) is 2.48. The Morgan fingerprint density at radius 3 is 2.39 bits per heavy atom. The lowest BCUT2D eigenvalue weighted by molar-refractivity contribution is 0.0700. The number of carbonyl (C=O) groups is 2. The maximum atomic E-state index is 11.7. The maximum Gasteiger partial charge on any atom is 0.408 e. The van der Waals surface area contributed by atoms with Gasteiger partial charge in [0.25, 0.3) is 0 Å². The van der Waals surface area contributed by atoms with Gasteiger partial charge in [-0.3, -0.25) is 4.90 Å². The van der Waals surface area contributed by atoms with Crippen LogP contribution >= 0.6 is 0 Å². The van der Waals surface area contributed by atoms with Crippen molar-refractivity contribution in [2.75, 3.05) is 13.1 Å². The van der Waals surface area contributed by atoms with Crippen LogP contribution in [0.15, 0.2) is 30.3 Å². The van der Waals surface area contributed by atoms with Gasteiger partial charge in [-0.25, -0.2) is 9.59 Å². The molecule has 1 atom stereocenters. The molecule has 1 rings (SSSR count). The zero-order valence-corrected chi connectivity index (χ0v) is 13.8. The van der Waals surface area contributed by atoms with Crippen molar-refractivity contribution in [3.05, 3.63) is 35.9 Å². The van der Waals surface area contributed by atoms with Crippen LogP contribution in [0, 0.1) is 0 Å². The Morgan fingerprint density at radius 1 is 1.30 bits per heavy atom. The standard InChI is InChI=1S/C16H25N3O4/c1-16(2,3)19(15(21)22)13(9-17)10-18-14(20)23-11-12-7-5-4-6-8-12/h4-8,13H,9-11,17H2,1-3H3,(H,18,20)(H,21,22)/t13-/m0/s1. The normalized spacial score (nSPS) is 12.3. The first-order valence-electron chi connectivity index (χ1n) is 7.42. The first kappa shape index (κ1) is 18.8. The summed E-state index contributed by atoms with van der Waals surface area (Å²) in [4.78, 5) is 24.4. The third-order valence-corrected chi connectivity index (χ3v) is 3.26. The van der Waals surface area contributed by atoms with E-state index >= 15 is 0 Å². The van der Waals surface area contributed by atoms with Gasteiger partial charge in [-0.2, -0.15) is 0 Å². The molecule has 0 saturated carbocycles. The Kier molecular flexibility index (Phi) is 6.84. The molecule has 0 fully saturated rings. The highest BCUT2D eigenvalue weighted by molar-refractivity contribution is 5.68. The van der Waals surface area contributed by atoms with Crippen LogP contribution in [0.5, 0.6) is 0 Å². The number of nitrogens with one attached hydrogen (secondary N) is 1. The summed E-state index contributed by atoms with van der Waals surface area (Å²) in [5.41, 5.74) is 5.92. The molecular weight excluding hydrogens is 298 g/mol. The summed E-state index contributed by atoms with van der Waals surface area (Å²) in [6.07, 6.45) is -1.68. The van der Waals surface area contributed by atoms with Gasteiger partial charge in [0.15, 0.2) is 0 Å². The minimum Gasteiger partial charge on any atom is -0.465 e. The van der Waals surface area contributed by atoms with Gasteiger partial charge in [0.05, 0.1) is 6.04 Å². The molecule has 1 aromatic rings. The van der Waals surface area contributed by atoms with Crippen molar-refractivity contribution in [3.63, 3.8) is 0 Å². The molecule has 128 valence electrons. The predicted octanol–water partition coefficient (Wildman–Crippen LogP) is 2.02. The van der Waals surface area contributed by atoms with E-state index in [0.29, 0.717) is 0 Å². The summed E-state index contributed by atoms with van der Waals surface area (Å²) in [7, 11) is 0. The molecule has 0 saturated heterocycles. The highest BCUT2D eigenvalue weighted by Crippen LogP contribution is 2.16. The van der Waals surface area contributed by atoms with E-state index in [1.807, 2.05) is 30.3 Å². The van der Waals surface area contributed by atoms with E-state index in [9.17, 15) is 14.7 Å². The highest BCUT2D eigenvalue weighted by atomic mass is 16.5. The van der Waals surface area contributed by atoms with Gasteiger partial charge >= 0.3 is 12.2 Å². The van der Waals surface area contributed by atoms with Gasteiger partial charge in [-0.1, -0.05) is 30.3 Å². The van der Waals surface area contributed by atoms with Crippen molar-refractivity contribution < 1.29 is 19.4 Å². The number of nitrogens with two attached hydrogens (primary N) is 1. The minimum absolute atomic E-state index is 0.0910. The molecule has 7 nitrogen and oxygen atoms in total. The summed E-state index contributed by atoms with van der Waals surface area (Å²) in [5.74, 6) is 0. The van der Waals surface area contributed by atoms with Crippen LogP contribution in [0.2, 0.25) is 0 Å². The molecule has 0 aromatic heterocycles. The van der Waals surface area contributed by atoms with Gasteiger partial charge in [0.2, 0.25) is 0 Å². The summed E-state index contributed by atoms with van der Waals surface area (Å²) >= 11 is 0. The summed E-state index contributed by atoms with van der Waals surface area (Å²) in [6.45, 7) is 5.67. The molecule has 2 amide bonds. The Morgan fingerprint density at radius 2 is 1.91 bits per heavy atom. The lowest BCUT2D eigenvalue weighted by Crippen LogP contribution is -2.57. The second-order valence-corrected chi connectivity index (χ2v) is 6.16. The average molecular weight is 323 g/mol. The van der Waals surface area contributed by atoms with Gasteiger partial charge in [-0.15, -0.1) is 0 Å². The van der Waals surface area contributed by atoms with Crippen molar-refractivity contribution in [2.24, 2.45) is 5.73 Å². The number of ether oxygens (including phenoxy) is 1. The number of hydrogen-bond donors (Lipinski definition) is 3. The number of amides is 2. The van der Waals surface area contributed by atoms with E-state index in [4.69, 9.17) is 10.5 Å². The summed E-state index contributed by atoms with van der Waals surface area (Å²) in [6, 6.07) is 8.76. The number of hydrogen-bond acceptors (Lipinski definition) is 4. The van der Waals surface area contributed by atoms with Gasteiger partial charge in [0.1, 0.15) is 6.61 Å². The summed E-state index contributed by atoms with van der Waals surface area (Å²) < 4.78 is 5.09. The zero-order valence-electron chi connectivity index (χ0n) is 13.8. The van der Waals surface area contributed by atoms with Crippen LogP contribution in [0.4, 0.5) is 9.59 Å². The fourth-order valence-corrected chi connectivity index (χ4v) is 2.25. The zero-order chi connectivity index (χ0) is 17.5. The smallest absolute Gasteiger partial charge is 0.408 e. The number of benzene rings is 1. The molecule has 7 heteroatoms. The van der Waals surface area contributed by atoms with E-state index < -0.39 is 23.8 Å². The fourth-order valence-electron chi connectivity index (χ4n) is 2.25. The lowest BCUT2D eigenvalue weighted by atomic mass is 10.0. The first-order chi connectivity index (χ1) is 10.8. The van der Waals surface area contributed by atoms with E-state index in [1.54, 1.807) is 20.8 Å². The molecule has 0 radical (unpaired) electrons. The number of alkyl carbamates (subject to hydrolysis) is 1. The second-order valence-electron chi connectivity index (χ2n) is 6.16. The van der Waals surface area contributed by atoms with Crippen LogP contribution in [0.1, 0.15) is 26.3 Å². The molecule has 0 aliphatic heterocycles. The molecule has 0 aliphatic carbocycles. The van der Waals surface area contributed by atoms with E-state index in [-0.39, 0.29) is 19.7 Å². The minimum atomic E-state index is -1.08. The fraction of sp³-hybridized carbons (Fsp3) is 0.500. The highest BCUT2D eigenvalue weighted by Gasteiger charge is 2.32. The molecule has 4 N–H and O–H groups in total. The third kappa shape index (κ3) is 6.15. The van der Waals surface area contributed by atoms with Gasteiger partial charge < -0.3 is 20.9 Å². The molecule has 1 aromatic carbocycles. The largest absolute Gasteiger partial charge is 0.465 e. The molecule has 0 spiro atoms. The van der Waals surface area contributed by atoms with E-state index in [2.05, 4.69) is 5.32 Å². The van der Waals surface area contributed by atoms with Crippen molar-refractivity contribution >= 4 is 12.2 Å². The number of rotatable bonds is 6.